The van der Waals surface area contributed by atoms with Gasteiger partial charge < -0.3 is 10.1 Å². The number of carbonyl (C=O) groups is 1. The largest absolute Gasteiger partial charge is 0.484 e. The van der Waals surface area contributed by atoms with E-state index in [-0.39, 0.29) is 13.2 Å². The molecule has 1 N–H and O–H groups in total. The van der Waals surface area contributed by atoms with Crippen molar-refractivity contribution < 1.29 is 27.1 Å². The predicted molar refractivity (Wildman–Crippen MR) is 131 cm³/mol. The van der Waals surface area contributed by atoms with E-state index in [0.717, 1.165) is 22.9 Å². The average Bonchev–Trinajstić information content (AvgIpc) is 3.25. The quantitative estimate of drug-likeness (QED) is 0.292. The topological polar surface area (TPSA) is 56.1 Å². The van der Waals surface area contributed by atoms with Gasteiger partial charge in [-0.3, -0.25) is 4.79 Å². The minimum absolute atomic E-state index is 0. The Hall–Kier alpha value is -3.88. The van der Waals surface area contributed by atoms with Crippen molar-refractivity contribution in [1.82, 2.24) is 15.1 Å². The first-order chi connectivity index (χ1) is 16.7. The third-order valence-electron chi connectivity index (χ3n) is 5.63. The number of halogens is 4. The molecular formula is C27H27F4N3O2. The summed E-state index contributed by atoms with van der Waals surface area (Å²) in [6, 6.07) is 17.4. The number of fused-ring (bicyclic) bond motifs is 1. The highest BCUT2D eigenvalue weighted by atomic mass is 19.4. The van der Waals surface area contributed by atoms with E-state index in [1.54, 1.807) is 53.3 Å². The van der Waals surface area contributed by atoms with Gasteiger partial charge in [0.15, 0.2) is 0 Å². The molecule has 0 saturated carbocycles. The number of nitrogens with one attached hydrogen (secondary N) is 1. The van der Waals surface area contributed by atoms with Gasteiger partial charge in [-0.15, -0.1) is 0 Å². The van der Waals surface area contributed by atoms with Gasteiger partial charge in [-0.1, -0.05) is 38.6 Å². The molecule has 3 aromatic carbocycles. The van der Waals surface area contributed by atoms with Crippen molar-refractivity contribution in [2.24, 2.45) is 0 Å². The second-order valence-corrected chi connectivity index (χ2v) is 8.15. The Kier molecular flexibility index (Phi) is 8.02. The number of nitrogens with zero attached hydrogens (tertiary/aromatic N) is 2. The zero-order chi connectivity index (χ0) is 25.2. The van der Waals surface area contributed by atoms with Crippen molar-refractivity contribution in [3.8, 4) is 11.4 Å². The van der Waals surface area contributed by atoms with Crippen molar-refractivity contribution in [3.05, 3.63) is 89.9 Å². The Morgan fingerprint density at radius 1 is 1.08 bits per heavy atom. The molecule has 0 spiro atoms. The normalized spacial score (nSPS) is 13.1. The van der Waals surface area contributed by atoms with E-state index in [1.165, 1.54) is 19.1 Å². The Morgan fingerprint density at radius 3 is 2.47 bits per heavy atom. The first-order valence-electron chi connectivity index (χ1n) is 11.0. The van der Waals surface area contributed by atoms with Gasteiger partial charge >= 0.3 is 12.1 Å². The van der Waals surface area contributed by atoms with Crippen molar-refractivity contribution >= 4 is 16.8 Å². The third kappa shape index (κ3) is 5.84. The summed E-state index contributed by atoms with van der Waals surface area (Å²) in [5.74, 6) is -1.98. The lowest BCUT2D eigenvalue weighted by Crippen LogP contribution is -2.45. The lowest BCUT2D eigenvalue weighted by Gasteiger charge is -2.27. The molecule has 2 atom stereocenters. The number of alkyl halides is 3. The summed E-state index contributed by atoms with van der Waals surface area (Å²) in [7, 11) is 0. The molecule has 1 amide bonds. The van der Waals surface area contributed by atoms with Gasteiger partial charge in [0, 0.05) is 5.39 Å². The molecule has 4 rings (SSSR count). The highest BCUT2D eigenvalue weighted by molar-refractivity contribution is 5.82. The van der Waals surface area contributed by atoms with E-state index in [1.807, 2.05) is 24.4 Å². The van der Waals surface area contributed by atoms with Gasteiger partial charge in [0.2, 0.25) is 0 Å². The minimum atomic E-state index is -5.00. The van der Waals surface area contributed by atoms with E-state index >= 15 is 0 Å². The van der Waals surface area contributed by atoms with E-state index in [2.05, 4.69) is 5.10 Å². The summed E-state index contributed by atoms with van der Waals surface area (Å²) in [4.78, 5) is 11.6. The number of rotatable bonds is 7. The molecule has 190 valence electrons. The van der Waals surface area contributed by atoms with Crippen LogP contribution >= 0.6 is 0 Å². The summed E-state index contributed by atoms with van der Waals surface area (Å²) in [5.41, 5.74) is 3.04. The number of amides is 1. The van der Waals surface area contributed by atoms with Crippen LogP contribution in [0.3, 0.4) is 0 Å². The second kappa shape index (κ2) is 10.8. The number of hydrogen-bond donors (Lipinski definition) is 1. The highest BCUT2D eigenvalue weighted by Crippen LogP contribution is 2.30. The monoisotopic (exact) mass is 501 g/mol. The molecule has 1 aromatic heterocycles. The van der Waals surface area contributed by atoms with Crippen molar-refractivity contribution in [1.29, 1.82) is 0 Å². The molecule has 1 heterocycles. The van der Waals surface area contributed by atoms with Crippen LogP contribution in [0.4, 0.5) is 17.6 Å². The maximum absolute atomic E-state index is 13.3. The first-order valence-corrected chi connectivity index (χ1v) is 11.0. The number of carbonyl (C=O) groups excluding carboxylic acids is 1. The van der Waals surface area contributed by atoms with Crippen molar-refractivity contribution in [3.63, 3.8) is 0 Å². The Balaban J connectivity index is 0.00000361. The molecule has 0 bridgehead atoms. The van der Waals surface area contributed by atoms with Crippen molar-refractivity contribution in [2.45, 2.75) is 46.0 Å². The predicted octanol–water partition coefficient (Wildman–Crippen LogP) is 6.55. The van der Waals surface area contributed by atoms with Gasteiger partial charge in [0.25, 0.3) is 0 Å². The lowest BCUT2D eigenvalue weighted by molar-refractivity contribution is -0.174. The molecule has 0 unspecified atom stereocenters. The SMILES string of the molecule is C.CCc1cccc([C@@H](Oc2ccc3c(cnn3-c3ccc(F)cc3)c2)[C@H](C)NC(=O)C(F)(F)F)c1. The van der Waals surface area contributed by atoms with Gasteiger partial charge in [0.1, 0.15) is 17.7 Å². The number of ether oxygens (including phenoxy) is 1. The molecule has 0 aliphatic carbocycles. The fraction of sp³-hybridized carbons (Fsp3) is 0.259. The van der Waals surface area contributed by atoms with Gasteiger partial charge in [-0.05, 0) is 66.9 Å². The first kappa shape index (κ1) is 26.7. The van der Waals surface area contributed by atoms with Crippen LogP contribution in [0.1, 0.15) is 38.5 Å². The number of benzene rings is 3. The standard InChI is InChI=1S/C26H23F4N3O2.CH4/c1-3-17-5-4-6-18(13-17)24(16(2)32-25(34)26(28,29)30)35-22-11-12-23-19(14-22)15-31-33(23)21-9-7-20(27)8-10-21;/h4-16,24H,3H2,1-2H3,(H,32,34);1H4/t16-,24-;/m0./s1. The minimum Gasteiger partial charge on any atom is -0.484 e. The number of aromatic nitrogens is 2. The van der Waals surface area contributed by atoms with Crippen LogP contribution < -0.4 is 10.1 Å². The summed E-state index contributed by atoms with van der Waals surface area (Å²) < 4.78 is 59.7. The van der Waals surface area contributed by atoms with Crippen LogP contribution in [0.2, 0.25) is 0 Å². The molecule has 9 heteroatoms. The van der Waals surface area contributed by atoms with Crippen LogP contribution in [0.25, 0.3) is 16.6 Å². The van der Waals surface area contributed by atoms with Crippen LogP contribution in [0.15, 0.2) is 72.9 Å². The summed E-state index contributed by atoms with van der Waals surface area (Å²) in [6.45, 7) is 3.44. The van der Waals surface area contributed by atoms with E-state index in [0.29, 0.717) is 17.0 Å². The molecule has 0 aliphatic heterocycles. The Bertz CT molecular complexity index is 1330. The lowest BCUT2D eigenvalue weighted by atomic mass is 10.00. The zero-order valence-electron chi connectivity index (χ0n) is 19.0. The highest BCUT2D eigenvalue weighted by Gasteiger charge is 2.40. The van der Waals surface area contributed by atoms with Gasteiger partial charge in [-0.25, -0.2) is 9.07 Å². The summed E-state index contributed by atoms with van der Waals surface area (Å²) in [6.07, 6.45) is -3.53. The molecular weight excluding hydrogens is 474 g/mol. The fourth-order valence-electron chi connectivity index (χ4n) is 3.83. The van der Waals surface area contributed by atoms with E-state index < -0.39 is 24.2 Å². The maximum Gasteiger partial charge on any atom is 0.471 e. The average molecular weight is 502 g/mol. The summed E-state index contributed by atoms with van der Waals surface area (Å²) in [5, 5.41) is 7.08. The fourth-order valence-corrected chi connectivity index (χ4v) is 3.83. The number of hydrogen-bond acceptors (Lipinski definition) is 3. The third-order valence-corrected chi connectivity index (χ3v) is 5.63. The number of aryl methyl sites for hydroxylation is 1. The smallest absolute Gasteiger partial charge is 0.471 e. The van der Waals surface area contributed by atoms with Crippen LogP contribution in [0.5, 0.6) is 5.75 Å². The summed E-state index contributed by atoms with van der Waals surface area (Å²) >= 11 is 0. The second-order valence-electron chi connectivity index (χ2n) is 8.15. The van der Waals surface area contributed by atoms with Crippen molar-refractivity contribution in [2.75, 3.05) is 0 Å². The molecule has 0 radical (unpaired) electrons. The van der Waals surface area contributed by atoms with Crippen LogP contribution in [-0.4, -0.2) is 27.9 Å². The molecule has 0 saturated heterocycles. The Labute approximate surface area is 206 Å². The molecule has 36 heavy (non-hydrogen) atoms. The Morgan fingerprint density at radius 2 is 1.81 bits per heavy atom. The molecule has 0 aliphatic rings. The molecule has 4 aromatic rings. The van der Waals surface area contributed by atoms with Crippen LogP contribution in [-0.2, 0) is 11.2 Å². The molecule has 0 fully saturated rings. The van der Waals surface area contributed by atoms with E-state index in [9.17, 15) is 22.4 Å². The zero-order valence-corrected chi connectivity index (χ0v) is 19.0. The molecule has 5 nitrogen and oxygen atoms in total. The van der Waals surface area contributed by atoms with E-state index in [4.69, 9.17) is 4.74 Å². The maximum atomic E-state index is 13.3. The van der Waals surface area contributed by atoms with Crippen LogP contribution in [0, 0.1) is 5.82 Å². The van der Waals surface area contributed by atoms with Gasteiger partial charge in [0.05, 0.1) is 23.4 Å². The van der Waals surface area contributed by atoms with Gasteiger partial charge in [-0.2, -0.15) is 18.3 Å².